The van der Waals surface area contributed by atoms with Gasteiger partial charge in [0, 0.05) is 6.20 Å². The van der Waals surface area contributed by atoms with E-state index in [-0.39, 0.29) is 11.8 Å². The molecule has 0 saturated carbocycles. The molecule has 0 spiro atoms. The van der Waals surface area contributed by atoms with Gasteiger partial charge in [-0.2, -0.15) is 5.26 Å². The number of nitrogens with zero attached hydrogens (tertiary/aromatic N) is 2. The number of nitriles is 1. The number of nitrogens with one attached hydrogen (secondary N) is 1. The van der Waals surface area contributed by atoms with Crippen molar-refractivity contribution in [3.8, 4) is 11.8 Å². The van der Waals surface area contributed by atoms with Crippen molar-refractivity contribution in [2.24, 2.45) is 0 Å². The van der Waals surface area contributed by atoms with Crippen LogP contribution >= 0.6 is 0 Å². The van der Waals surface area contributed by atoms with E-state index in [2.05, 4.69) is 16.4 Å². The van der Waals surface area contributed by atoms with Gasteiger partial charge in [-0.3, -0.25) is 0 Å². The average Bonchev–Trinajstić information content (AvgIpc) is 2.39. The Labute approximate surface area is 106 Å². The van der Waals surface area contributed by atoms with Crippen LogP contribution in [0.5, 0.6) is 5.75 Å². The van der Waals surface area contributed by atoms with Gasteiger partial charge in [-0.15, -0.1) is 0 Å². The second-order valence-corrected chi connectivity index (χ2v) is 3.97. The van der Waals surface area contributed by atoms with Crippen LogP contribution in [0.4, 0.5) is 5.82 Å². The molecule has 1 aromatic heterocycles. The molecule has 1 atom stereocenters. The lowest BCUT2D eigenvalue weighted by atomic mass is 10.1. The fraction of sp³-hybridized carbons (Fsp3) is 0.143. The summed E-state index contributed by atoms with van der Waals surface area (Å²) in [6.07, 6.45) is 1.64. The number of phenolic OH excluding ortho intramolecular Hbond substituents is 1. The van der Waals surface area contributed by atoms with E-state index >= 15 is 0 Å². The molecule has 0 amide bonds. The number of hydrogen-bond donors (Lipinski definition) is 2. The number of anilines is 1. The second kappa shape index (κ2) is 5.19. The third-order valence-electron chi connectivity index (χ3n) is 2.65. The molecule has 4 nitrogen and oxygen atoms in total. The van der Waals surface area contributed by atoms with E-state index in [1.54, 1.807) is 36.5 Å². The molecule has 1 heterocycles. The zero-order valence-corrected chi connectivity index (χ0v) is 9.96. The Morgan fingerprint density at radius 3 is 2.89 bits per heavy atom. The quantitative estimate of drug-likeness (QED) is 0.864. The zero-order chi connectivity index (χ0) is 13.0. The predicted octanol–water partition coefficient (Wildman–Crippen LogP) is 2.83. The zero-order valence-electron chi connectivity index (χ0n) is 9.96. The van der Waals surface area contributed by atoms with Gasteiger partial charge >= 0.3 is 0 Å². The molecule has 2 aromatic rings. The number of aromatic hydroxyl groups is 1. The van der Waals surface area contributed by atoms with E-state index < -0.39 is 0 Å². The highest BCUT2D eigenvalue weighted by atomic mass is 16.3. The highest BCUT2D eigenvalue weighted by Gasteiger charge is 2.09. The first kappa shape index (κ1) is 11.9. The fourth-order valence-electron chi connectivity index (χ4n) is 1.69. The van der Waals surface area contributed by atoms with E-state index in [0.29, 0.717) is 11.4 Å². The summed E-state index contributed by atoms with van der Waals surface area (Å²) in [5.74, 6) is 0.776. The van der Waals surface area contributed by atoms with Crippen LogP contribution in [0.1, 0.15) is 24.1 Å². The Morgan fingerprint density at radius 2 is 2.17 bits per heavy atom. The van der Waals surface area contributed by atoms with Crippen molar-refractivity contribution in [2.45, 2.75) is 13.0 Å². The molecule has 0 fully saturated rings. The smallest absolute Gasteiger partial charge is 0.144 e. The van der Waals surface area contributed by atoms with Gasteiger partial charge in [0.1, 0.15) is 17.6 Å². The van der Waals surface area contributed by atoms with Gasteiger partial charge in [0.15, 0.2) is 0 Å². The van der Waals surface area contributed by atoms with Crippen molar-refractivity contribution in [3.63, 3.8) is 0 Å². The molecule has 0 saturated heterocycles. The summed E-state index contributed by atoms with van der Waals surface area (Å²) in [5.41, 5.74) is 1.44. The van der Waals surface area contributed by atoms with Crippen LogP contribution in [0.2, 0.25) is 0 Å². The monoisotopic (exact) mass is 239 g/mol. The summed E-state index contributed by atoms with van der Waals surface area (Å²) in [6, 6.07) is 12.5. The molecule has 18 heavy (non-hydrogen) atoms. The molecule has 4 heteroatoms. The van der Waals surface area contributed by atoms with Crippen LogP contribution < -0.4 is 5.32 Å². The predicted molar refractivity (Wildman–Crippen MR) is 69.1 cm³/mol. The van der Waals surface area contributed by atoms with Gasteiger partial charge < -0.3 is 10.4 Å². The molecule has 90 valence electrons. The normalized spacial score (nSPS) is 11.6. The standard InChI is InChI=1S/C14H13N3O/c1-10(11-4-2-6-13(18)8-11)17-14-12(9-15)5-3-7-16-14/h2-8,10,18H,1H3,(H,16,17)/t10-/m0/s1. The summed E-state index contributed by atoms with van der Waals surface area (Å²) in [6.45, 7) is 1.95. The summed E-state index contributed by atoms with van der Waals surface area (Å²) in [4.78, 5) is 4.14. The minimum absolute atomic E-state index is 0.0425. The Morgan fingerprint density at radius 1 is 1.33 bits per heavy atom. The average molecular weight is 239 g/mol. The maximum absolute atomic E-state index is 9.43. The van der Waals surface area contributed by atoms with Crippen LogP contribution in [-0.4, -0.2) is 10.1 Å². The molecule has 0 aliphatic heterocycles. The van der Waals surface area contributed by atoms with Crippen molar-refractivity contribution in [2.75, 3.05) is 5.32 Å². The van der Waals surface area contributed by atoms with Crippen LogP contribution in [0, 0.1) is 11.3 Å². The Hall–Kier alpha value is -2.54. The van der Waals surface area contributed by atoms with Crippen molar-refractivity contribution in [1.29, 1.82) is 5.26 Å². The summed E-state index contributed by atoms with van der Waals surface area (Å²) >= 11 is 0. The van der Waals surface area contributed by atoms with E-state index in [0.717, 1.165) is 5.56 Å². The first-order valence-electron chi connectivity index (χ1n) is 5.61. The number of benzene rings is 1. The maximum atomic E-state index is 9.43. The maximum Gasteiger partial charge on any atom is 0.144 e. The Balaban J connectivity index is 2.22. The number of rotatable bonds is 3. The summed E-state index contributed by atoms with van der Waals surface area (Å²) in [5, 5.41) is 21.6. The summed E-state index contributed by atoms with van der Waals surface area (Å²) < 4.78 is 0. The van der Waals surface area contributed by atoms with E-state index in [9.17, 15) is 5.11 Å². The van der Waals surface area contributed by atoms with Gasteiger partial charge in [0.05, 0.1) is 11.6 Å². The minimum atomic E-state index is -0.0425. The van der Waals surface area contributed by atoms with Gasteiger partial charge in [-0.25, -0.2) is 4.98 Å². The van der Waals surface area contributed by atoms with E-state index in [1.807, 2.05) is 13.0 Å². The van der Waals surface area contributed by atoms with Gasteiger partial charge in [-0.1, -0.05) is 12.1 Å². The lowest BCUT2D eigenvalue weighted by molar-refractivity contribution is 0.474. The number of hydrogen-bond acceptors (Lipinski definition) is 4. The molecule has 0 bridgehead atoms. The van der Waals surface area contributed by atoms with E-state index in [4.69, 9.17) is 5.26 Å². The highest BCUT2D eigenvalue weighted by Crippen LogP contribution is 2.22. The van der Waals surface area contributed by atoms with Crippen molar-refractivity contribution in [1.82, 2.24) is 4.98 Å². The Kier molecular flexibility index (Phi) is 3.44. The lowest BCUT2D eigenvalue weighted by Crippen LogP contribution is -2.09. The molecule has 0 radical (unpaired) electrons. The summed E-state index contributed by atoms with van der Waals surface area (Å²) in [7, 11) is 0. The van der Waals surface area contributed by atoms with Gasteiger partial charge in [0.25, 0.3) is 0 Å². The number of aromatic nitrogens is 1. The molecule has 2 N–H and O–H groups in total. The number of pyridine rings is 1. The van der Waals surface area contributed by atoms with Crippen LogP contribution in [0.3, 0.4) is 0 Å². The van der Waals surface area contributed by atoms with E-state index in [1.165, 1.54) is 0 Å². The van der Waals surface area contributed by atoms with Crippen LogP contribution in [0.25, 0.3) is 0 Å². The van der Waals surface area contributed by atoms with Gasteiger partial charge in [0.2, 0.25) is 0 Å². The third-order valence-corrected chi connectivity index (χ3v) is 2.65. The molecular weight excluding hydrogens is 226 g/mol. The first-order chi connectivity index (χ1) is 8.70. The van der Waals surface area contributed by atoms with Crippen molar-refractivity contribution >= 4 is 5.82 Å². The lowest BCUT2D eigenvalue weighted by Gasteiger charge is -2.15. The topological polar surface area (TPSA) is 68.9 Å². The molecule has 0 aliphatic rings. The van der Waals surface area contributed by atoms with Crippen LogP contribution in [0.15, 0.2) is 42.6 Å². The molecule has 0 unspecified atom stereocenters. The molecule has 2 rings (SSSR count). The van der Waals surface area contributed by atoms with Crippen LogP contribution in [-0.2, 0) is 0 Å². The number of phenols is 1. The minimum Gasteiger partial charge on any atom is -0.508 e. The highest BCUT2D eigenvalue weighted by molar-refractivity contribution is 5.52. The molecule has 0 aliphatic carbocycles. The third kappa shape index (κ3) is 2.58. The van der Waals surface area contributed by atoms with Crippen molar-refractivity contribution < 1.29 is 5.11 Å². The van der Waals surface area contributed by atoms with Crippen molar-refractivity contribution in [3.05, 3.63) is 53.7 Å². The Bertz CT molecular complexity index is 590. The largest absolute Gasteiger partial charge is 0.508 e. The first-order valence-corrected chi connectivity index (χ1v) is 5.61. The fourth-order valence-corrected chi connectivity index (χ4v) is 1.69. The molecular formula is C14H13N3O. The molecule has 1 aromatic carbocycles. The second-order valence-electron chi connectivity index (χ2n) is 3.97. The SMILES string of the molecule is C[C@H](Nc1ncccc1C#N)c1cccc(O)c1. The van der Waals surface area contributed by atoms with Gasteiger partial charge in [-0.05, 0) is 36.8 Å².